The van der Waals surface area contributed by atoms with E-state index in [1.54, 1.807) is 37.3 Å². The number of hydrogen-bond acceptors (Lipinski definition) is 3. The van der Waals surface area contributed by atoms with E-state index in [1.165, 1.54) is 6.07 Å². The standard InChI is InChI=1S/C17H13BrClNO3/c1-9-6-12(19)7-13-15(9)20-16(22)17(13,23)8-14(21)10-2-4-11(18)5-3-10/h2-7,23H,8H2,1H3,(H,20,22)/t17-/m0/s1. The van der Waals surface area contributed by atoms with Crippen molar-refractivity contribution in [2.45, 2.75) is 18.9 Å². The van der Waals surface area contributed by atoms with Crippen LogP contribution in [0, 0.1) is 6.92 Å². The van der Waals surface area contributed by atoms with Crippen LogP contribution in [0.15, 0.2) is 40.9 Å². The molecule has 0 saturated heterocycles. The van der Waals surface area contributed by atoms with Crippen molar-refractivity contribution < 1.29 is 14.7 Å². The number of hydrogen-bond donors (Lipinski definition) is 2. The molecule has 4 nitrogen and oxygen atoms in total. The summed E-state index contributed by atoms with van der Waals surface area (Å²) < 4.78 is 0.846. The third kappa shape index (κ3) is 2.80. The molecule has 1 aliphatic heterocycles. The number of aliphatic hydroxyl groups is 1. The van der Waals surface area contributed by atoms with E-state index in [-0.39, 0.29) is 12.2 Å². The number of carbonyl (C=O) groups is 2. The second kappa shape index (κ2) is 5.74. The molecule has 0 radical (unpaired) electrons. The number of carbonyl (C=O) groups excluding carboxylic acids is 2. The molecule has 2 aromatic carbocycles. The molecule has 1 aliphatic rings. The molecule has 0 fully saturated rings. The number of halogens is 2. The summed E-state index contributed by atoms with van der Waals surface area (Å²) in [7, 11) is 0. The van der Waals surface area contributed by atoms with Gasteiger partial charge in [0.1, 0.15) is 0 Å². The SMILES string of the molecule is Cc1cc(Cl)cc2c1NC(=O)[C@]2(O)CC(=O)c1ccc(Br)cc1. The van der Waals surface area contributed by atoms with Crippen LogP contribution in [0.3, 0.4) is 0 Å². The summed E-state index contributed by atoms with van der Waals surface area (Å²) in [5.41, 5.74) is 0.132. The monoisotopic (exact) mass is 393 g/mol. The molecule has 0 saturated carbocycles. The highest BCUT2D eigenvalue weighted by atomic mass is 79.9. The minimum absolute atomic E-state index is 0.319. The van der Waals surface area contributed by atoms with Gasteiger partial charge in [-0.2, -0.15) is 0 Å². The molecule has 0 aliphatic carbocycles. The molecule has 6 heteroatoms. The Kier molecular flexibility index (Phi) is 4.04. The van der Waals surface area contributed by atoms with E-state index in [2.05, 4.69) is 21.2 Å². The molecule has 0 bridgehead atoms. The maximum Gasteiger partial charge on any atom is 0.261 e. The minimum Gasteiger partial charge on any atom is -0.375 e. The van der Waals surface area contributed by atoms with E-state index in [9.17, 15) is 14.7 Å². The third-order valence-corrected chi connectivity index (χ3v) is 4.69. The fourth-order valence-electron chi connectivity index (χ4n) is 2.72. The number of fused-ring (bicyclic) bond motifs is 1. The van der Waals surface area contributed by atoms with Crippen molar-refractivity contribution >= 4 is 44.9 Å². The zero-order chi connectivity index (χ0) is 16.8. The summed E-state index contributed by atoms with van der Waals surface area (Å²) in [4.78, 5) is 24.7. The molecule has 2 N–H and O–H groups in total. The van der Waals surface area contributed by atoms with Crippen molar-refractivity contribution in [2.75, 3.05) is 5.32 Å². The lowest BCUT2D eigenvalue weighted by molar-refractivity contribution is -0.133. The Bertz CT molecular complexity index is 819. The van der Waals surface area contributed by atoms with Crippen LogP contribution in [0.4, 0.5) is 5.69 Å². The van der Waals surface area contributed by atoms with Gasteiger partial charge in [0.2, 0.25) is 0 Å². The molecule has 1 heterocycles. The maximum absolute atomic E-state index is 12.5. The number of rotatable bonds is 3. The summed E-state index contributed by atoms with van der Waals surface area (Å²) in [6, 6.07) is 9.99. The van der Waals surface area contributed by atoms with Gasteiger partial charge in [-0.15, -0.1) is 0 Å². The van der Waals surface area contributed by atoms with Crippen LogP contribution in [0.1, 0.15) is 27.9 Å². The van der Waals surface area contributed by atoms with E-state index < -0.39 is 11.5 Å². The van der Waals surface area contributed by atoms with Crippen molar-refractivity contribution in [3.05, 3.63) is 62.6 Å². The number of anilines is 1. The van der Waals surface area contributed by atoms with Gasteiger partial charge in [-0.05, 0) is 36.8 Å². The van der Waals surface area contributed by atoms with E-state index in [4.69, 9.17) is 11.6 Å². The van der Waals surface area contributed by atoms with Crippen LogP contribution in [0.25, 0.3) is 0 Å². The molecule has 1 amide bonds. The second-order valence-electron chi connectivity index (χ2n) is 5.57. The molecular formula is C17H13BrClNO3. The lowest BCUT2D eigenvalue weighted by Crippen LogP contribution is -2.36. The van der Waals surface area contributed by atoms with Gasteiger partial charge in [-0.25, -0.2) is 0 Å². The predicted molar refractivity (Wildman–Crippen MR) is 91.8 cm³/mol. The summed E-state index contributed by atoms with van der Waals surface area (Å²) in [6.45, 7) is 1.78. The average Bonchev–Trinajstić information content (AvgIpc) is 2.73. The minimum atomic E-state index is -1.91. The number of nitrogens with one attached hydrogen (secondary N) is 1. The van der Waals surface area contributed by atoms with Gasteiger partial charge < -0.3 is 10.4 Å². The highest BCUT2D eigenvalue weighted by Gasteiger charge is 2.47. The summed E-state index contributed by atoms with van der Waals surface area (Å²) in [5.74, 6) is -0.927. The number of ketones is 1. The largest absolute Gasteiger partial charge is 0.375 e. The highest BCUT2D eigenvalue weighted by Crippen LogP contribution is 2.42. The first-order valence-corrected chi connectivity index (χ1v) is 8.11. The van der Waals surface area contributed by atoms with Crippen molar-refractivity contribution in [3.63, 3.8) is 0 Å². The van der Waals surface area contributed by atoms with E-state index in [0.717, 1.165) is 10.0 Å². The van der Waals surface area contributed by atoms with Crippen LogP contribution in [0.2, 0.25) is 5.02 Å². The number of amides is 1. The highest BCUT2D eigenvalue weighted by molar-refractivity contribution is 9.10. The predicted octanol–water partition coefficient (Wildman–Crippen LogP) is 3.82. The maximum atomic E-state index is 12.5. The van der Waals surface area contributed by atoms with E-state index in [1.807, 2.05) is 0 Å². The molecule has 23 heavy (non-hydrogen) atoms. The van der Waals surface area contributed by atoms with Gasteiger partial charge in [-0.1, -0.05) is 39.7 Å². The molecule has 3 rings (SSSR count). The number of Topliss-reactive ketones (excluding diaryl/α,β-unsaturated/α-hetero) is 1. The molecule has 1 atom stereocenters. The van der Waals surface area contributed by atoms with Gasteiger partial charge in [0, 0.05) is 20.6 Å². The van der Waals surface area contributed by atoms with Crippen LogP contribution in [0.5, 0.6) is 0 Å². The Morgan fingerprint density at radius 2 is 1.96 bits per heavy atom. The van der Waals surface area contributed by atoms with Crippen molar-refractivity contribution in [1.82, 2.24) is 0 Å². The van der Waals surface area contributed by atoms with Gasteiger partial charge in [-0.3, -0.25) is 9.59 Å². The van der Waals surface area contributed by atoms with E-state index >= 15 is 0 Å². The first kappa shape index (κ1) is 16.2. The quantitative estimate of drug-likeness (QED) is 0.778. The number of aryl methyl sites for hydroxylation is 1. The zero-order valence-corrected chi connectivity index (χ0v) is 14.5. The average molecular weight is 395 g/mol. The fraction of sp³-hybridized carbons (Fsp3) is 0.176. The zero-order valence-electron chi connectivity index (χ0n) is 12.2. The first-order chi connectivity index (χ1) is 10.8. The Morgan fingerprint density at radius 3 is 2.61 bits per heavy atom. The smallest absolute Gasteiger partial charge is 0.261 e. The number of benzene rings is 2. The summed E-state index contributed by atoms with van der Waals surface area (Å²) in [6.07, 6.45) is -0.340. The van der Waals surface area contributed by atoms with Crippen LogP contribution < -0.4 is 5.32 Å². The van der Waals surface area contributed by atoms with Crippen LogP contribution >= 0.6 is 27.5 Å². The van der Waals surface area contributed by atoms with Crippen molar-refractivity contribution in [3.8, 4) is 0 Å². The Hall–Kier alpha value is -1.69. The lowest BCUT2D eigenvalue weighted by Gasteiger charge is -2.20. The lowest BCUT2D eigenvalue weighted by atomic mass is 9.87. The van der Waals surface area contributed by atoms with Crippen molar-refractivity contribution in [1.29, 1.82) is 0 Å². The van der Waals surface area contributed by atoms with Gasteiger partial charge >= 0.3 is 0 Å². The molecule has 0 unspecified atom stereocenters. The molecule has 0 spiro atoms. The molecule has 2 aromatic rings. The van der Waals surface area contributed by atoms with Gasteiger partial charge in [0.15, 0.2) is 11.4 Å². The second-order valence-corrected chi connectivity index (χ2v) is 6.92. The molecule has 118 valence electrons. The van der Waals surface area contributed by atoms with Crippen molar-refractivity contribution in [2.24, 2.45) is 0 Å². The molecule has 0 aromatic heterocycles. The Balaban J connectivity index is 1.98. The van der Waals surface area contributed by atoms with E-state index in [0.29, 0.717) is 21.8 Å². The summed E-state index contributed by atoms with van der Waals surface area (Å²) >= 11 is 9.34. The van der Waals surface area contributed by atoms with Crippen LogP contribution in [-0.2, 0) is 10.4 Å². The fourth-order valence-corrected chi connectivity index (χ4v) is 3.26. The normalized spacial score (nSPS) is 19.4. The topological polar surface area (TPSA) is 66.4 Å². The summed E-state index contributed by atoms with van der Waals surface area (Å²) in [5, 5.41) is 13.9. The first-order valence-electron chi connectivity index (χ1n) is 6.94. The third-order valence-electron chi connectivity index (χ3n) is 3.94. The van der Waals surface area contributed by atoms with Gasteiger partial charge in [0.25, 0.3) is 5.91 Å². The van der Waals surface area contributed by atoms with Crippen LogP contribution in [-0.4, -0.2) is 16.8 Å². The Labute approximate surface area is 146 Å². The molecular weight excluding hydrogens is 382 g/mol. The Morgan fingerprint density at radius 1 is 1.30 bits per heavy atom. The van der Waals surface area contributed by atoms with Gasteiger partial charge in [0.05, 0.1) is 12.1 Å².